The maximum Gasteiger partial charge on any atom is 0.168 e. The minimum absolute atomic E-state index is 0.00991. The molecule has 2 bridgehead atoms. The molecule has 11 atom stereocenters. The molecule has 1 aromatic rings. The van der Waals surface area contributed by atoms with Crippen molar-refractivity contribution in [3.05, 3.63) is 47.5 Å². The molecule has 6 rings (SSSR count). The van der Waals surface area contributed by atoms with Crippen LogP contribution in [0.25, 0.3) is 0 Å². The Labute approximate surface area is 647 Å². The topological polar surface area (TPSA) is 205 Å². The van der Waals surface area contributed by atoms with Gasteiger partial charge in [-0.05, 0) is 69.1 Å². The first kappa shape index (κ1) is 99.0. The Bertz CT molecular complexity index is 3150. The monoisotopic (exact) mass is 1480 g/mol. The first-order valence-corrected chi connectivity index (χ1v) is 40.3. The molecule has 0 amide bonds. The number of fused-ring (bicyclic) bond motifs is 2. The van der Waals surface area contributed by atoms with E-state index in [9.17, 15) is 57.5 Å². The summed E-state index contributed by atoms with van der Waals surface area (Å²) in [5.74, 6) is 2.74. The maximum atomic E-state index is 12.8. The average Bonchev–Trinajstić information content (AvgIpc) is 1.48. The molecule has 0 aliphatic heterocycles. The largest absolute Gasteiger partial charge is 0.299 e. The van der Waals surface area contributed by atoms with Gasteiger partial charge in [0.15, 0.2) is 11.6 Å². The molecule has 4 fully saturated rings. The van der Waals surface area contributed by atoms with Gasteiger partial charge >= 0.3 is 0 Å². The Morgan fingerprint density at radius 1 is 0.321 bits per heavy atom. The Balaban J connectivity index is 0.000000639. The molecule has 0 heterocycles. The van der Waals surface area contributed by atoms with E-state index in [0.29, 0.717) is 17.0 Å². The van der Waals surface area contributed by atoms with Gasteiger partial charge in [-0.1, -0.05) is 325 Å². The first-order chi connectivity index (χ1) is 47.0. The van der Waals surface area contributed by atoms with Crippen LogP contribution in [-0.4, -0.2) is 69.4 Å². The van der Waals surface area contributed by atoms with E-state index in [-0.39, 0.29) is 172 Å². The van der Waals surface area contributed by atoms with Crippen molar-refractivity contribution in [1.82, 2.24) is 0 Å². The molecule has 0 N–H and O–H groups in total. The molecule has 12 nitrogen and oxygen atoms in total. The molecule has 12 heteroatoms. The molecular weight excluding hydrogens is 1320 g/mol. The SMILES string of the molecule is CC(C)(C)C(=O)C1C2C=CC(C2)C1C(=O)C(C)(C)C.CC(C)(C)C(=O)C1CCCCC1(C)C(=O)C(C)(C)C.CC(C)(C)C(=O)C1CCCCC1C(=O)C(C)(C)C.CC(C)(C)C(=O)CC(=O)C(C)(C)C.CC(C)(C)C(=O)c1ccccc1C(=O)C(C)(C)C.CC1CCC(C(=O)C(C)(C)C)C(C(=O)C(C)(C)C)C1. The highest BCUT2D eigenvalue weighted by Gasteiger charge is 2.55. The highest BCUT2D eigenvalue weighted by atomic mass is 16.2. The second kappa shape index (κ2) is 36.4. The van der Waals surface area contributed by atoms with Crippen LogP contribution in [0.5, 0.6) is 0 Å². The van der Waals surface area contributed by atoms with Crippen molar-refractivity contribution >= 4 is 69.4 Å². The van der Waals surface area contributed by atoms with E-state index >= 15 is 0 Å². The van der Waals surface area contributed by atoms with Crippen molar-refractivity contribution in [2.24, 2.45) is 130 Å². The Kier molecular flexibility index (Phi) is 34.0. The lowest BCUT2D eigenvalue weighted by Gasteiger charge is -2.44. The first-order valence-electron chi connectivity index (χ1n) is 40.3. The fourth-order valence-electron chi connectivity index (χ4n) is 15.3. The number of benzene rings is 1. The van der Waals surface area contributed by atoms with Gasteiger partial charge < -0.3 is 0 Å². The fourth-order valence-corrected chi connectivity index (χ4v) is 15.3. The number of hydrogen-bond donors (Lipinski definition) is 0. The summed E-state index contributed by atoms with van der Waals surface area (Å²) in [4.78, 5) is 149. The number of Topliss-reactive ketones (excluding diaryl/α,β-unsaturated/α-hetero) is 12. The van der Waals surface area contributed by atoms with Crippen LogP contribution in [0.4, 0.5) is 0 Å². The maximum absolute atomic E-state index is 12.8. The number of carbonyl (C=O) groups excluding carboxylic acids is 12. The molecule has 5 aliphatic carbocycles. The minimum atomic E-state index is -0.478. The van der Waals surface area contributed by atoms with Crippen LogP contribution < -0.4 is 0 Å². The Morgan fingerprint density at radius 2 is 0.613 bits per heavy atom. The summed E-state index contributed by atoms with van der Waals surface area (Å²) in [5.41, 5.74) is -3.99. The van der Waals surface area contributed by atoms with Gasteiger partial charge in [-0.3, -0.25) is 57.5 Å². The molecule has 106 heavy (non-hydrogen) atoms. The van der Waals surface area contributed by atoms with Gasteiger partial charge in [0.1, 0.15) is 57.8 Å². The molecule has 604 valence electrons. The molecular formula is C94H156O12. The predicted molar refractivity (Wildman–Crippen MR) is 436 cm³/mol. The summed E-state index contributed by atoms with van der Waals surface area (Å²) >= 11 is 0. The molecule has 0 spiro atoms. The van der Waals surface area contributed by atoms with E-state index in [1.54, 1.807) is 24.3 Å². The number of carbonyl (C=O) groups is 12. The third-order valence-electron chi connectivity index (χ3n) is 22.0. The fraction of sp³-hybridized carbons (Fsp3) is 0.787. The zero-order valence-corrected chi connectivity index (χ0v) is 74.8. The Morgan fingerprint density at radius 3 is 0.896 bits per heavy atom. The molecule has 4 saturated carbocycles. The van der Waals surface area contributed by atoms with Gasteiger partial charge in [-0.2, -0.15) is 0 Å². The van der Waals surface area contributed by atoms with E-state index in [1.807, 2.05) is 256 Å². The number of hydrogen-bond acceptors (Lipinski definition) is 12. The van der Waals surface area contributed by atoms with E-state index in [2.05, 4.69) is 19.1 Å². The van der Waals surface area contributed by atoms with Crippen molar-refractivity contribution in [2.45, 2.75) is 347 Å². The zero-order valence-electron chi connectivity index (χ0n) is 74.8. The summed E-state index contributed by atoms with van der Waals surface area (Å²) in [7, 11) is 0. The van der Waals surface area contributed by atoms with E-state index in [1.165, 1.54) is 0 Å². The van der Waals surface area contributed by atoms with E-state index < -0.39 is 27.1 Å². The summed E-state index contributed by atoms with van der Waals surface area (Å²) in [5, 5.41) is 0. The third-order valence-corrected chi connectivity index (χ3v) is 22.0. The molecule has 1 aromatic carbocycles. The van der Waals surface area contributed by atoms with Crippen LogP contribution in [0.3, 0.4) is 0 Å². The molecule has 0 saturated heterocycles. The molecule has 0 aromatic heterocycles. The van der Waals surface area contributed by atoms with Crippen LogP contribution in [0, 0.1) is 130 Å². The second-order valence-corrected chi connectivity index (χ2v) is 45.0. The molecule has 5 aliphatic rings. The average molecular weight is 1480 g/mol. The normalized spacial score (nSPS) is 24.5. The summed E-state index contributed by atoms with van der Waals surface area (Å²) in [6.45, 7) is 73.6. The highest BCUT2D eigenvalue weighted by Crippen LogP contribution is 2.53. The van der Waals surface area contributed by atoms with Crippen molar-refractivity contribution in [3.8, 4) is 0 Å². The van der Waals surface area contributed by atoms with Crippen molar-refractivity contribution in [1.29, 1.82) is 0 Å². The quantitative estimate of drug-likeness (QED) is 0.109. The predicted octanol–water partition coefficient (Wildman–Crippen LogP) is 23.1. The van der Waals surface area contributed by atoms with Gasteiger partial charge in [0, 0.05) is 123 Å². The minimum Gasteiger partial charge on any atom is -0.299 e. The molecule has 11 unspecified atom stereocenters. The van der Waals surface area contributed by atoms with Crippen molar-refractivity contribution in [3.63, 3.8) is 0 Å². The third kappa shape index (κ3) is 28.4. The lowest BCUT2D eigenvalue weighted by atomic mass is 9.57. The van der Waals surface area contributed by atoms with Crippen molar-refractivity contribution in [2.75, 3.05) is 0 Å². The number of allylic oxidation sites excluding steroid dienone is 2. The van der Waals surface area contributed by atoms with Crippen molar-refractivity contribution < 1.29 is 57.5 Å². The zero-order chi connectivity index (χ0) is 83.8. The summed E-state index contributed by atoms with van der Waals surface area (Å²) in [6, 6.07) is 7.09. The number of rotatable bonds is 12. The van der Waals surface area contributed by atoms with Crippen LogP contribution in [0.1, 0.15) is 367 Å². The Hall–Kier alpha value is -5.00. The lowest BCUT2D eigenvalue weighted by Crippen LogP contribution is -2.49. The number of ketones is 12. The van der Waals surface area contributed by atoms with Gasteiger partial charge in [-0.15, -0.1) is 0 Å². The van der Waals surface area contributed by atoms with Crippen LogP contribution in [0.15, 0.2) is 36.4 Å². The smallest absolute Gasteiger partial charge is 0.168 e. The van der Waals surface area contributed by atoms with Gasteiger partial charge in [0.05, 0.1) is 6.42 Å². The highest BCUT2D eigenvalue weighted by molar-refractivity contribution is 6.12. The van der Waals surface area contributed by atoms with Gasteiger partial charge in [0.2, 0.25) is 0 Å². The lowest BCUT2D eigenvalue weighted by molar-refractivity contribution is -0.150. The van der Waals surface area contributed by atoms with Crippen LogP contribution >= 0.6 is 0 Å². The standard InChI is InChI=1S/C17H26O2.2C17H30O2.C16H28O2.C16H22O2.C11H20O2/c1-16(2,3)14(18)12-10-7-8-11(9-10)13(12)15(19)17(4,5)6;1-11-8-9-12(14(18)16(2,3)4)13(10-11)15(19)17(5,6)7;1-15(2,3)13(18)12-10-8-9-11-17(12,7)14(19)16(4,5)6;2*1-15(2,3)13(17)11-9-7-8-10-12(11)14(18)16(4,5)6;1-10(2,3)8(12)7-9(13)11(4,5)6/h7-8,10-13H,9H2,1-6H3;11-13H,8-10H2,1-7H3;12H,8-11H2,1-7H3;11-12H,7-10H2,1-6H3;7-10H,1-6H3;7H2,1-6H3. The second-order valence-electron chi connectivity index (χ2n) is 45.0. The van der Waals surface area contributed by atoms with E-state index in [0.717, 1.165) is 77.0 Å². The van der Waals surface area contributed by atoms with Gasteiger partial charge in [0.25, 0.3) is 0 Å². The molecule has 0 radical (unpaired) electrons. The van der Waals surface area contributed by atoms with Crippen LogP contribution in [-0.2, 0) is 47.9 Å². The van der Waals surface area contributed by atoms with Gasteiger partial charge in [-0.25, -0.2) is 0 Å². The summed E-state index contributed by atoms with van der Waals surface area (Å²) in [6.07, 6.45) is 16.0. The van der Waals surface area contributed by atoms with Crippen LogP contribution in [0.2, 0.25) is 0 Å². The van der Waals surface area contributed by atoms with E-state index in [4.69, 9.17) is 0 Å². The summed E-state index contributed by atoms with van der Waals surface area (Å²) < 4.78 is 0.